The van der Waals surface area contributed by atoms with Gasteiger partial charge in [-0.25, -0.2) is 9.98 Å². The second-order valence-corrected chi connectivity index (χ2v) is 7.10. The Morgan fingerprint density at radius 2 is 2.23 bits per heavy atom. The van der Waals surface area contributed by atoms with Gasteiger partial charge < -0.3 is 10.6 Å². The third-order valence-corrected chi connectivity index (χ3v) is 4.42. The van der Waals surface area contributed by atoms with E-state index >= 15 is 0 Å². The number of benzene rings is 1. The summed E-state index contributed by atoms with van der Waals surface area (Å²) >= 11 is 5.23. The van der Waals surface area contributed by atoms with Crippen molar-refractivity contribution >= 4 is 33.2 Å². The van der Waals surface area contributed by atoms with Crippen molar-refractivity contribution in [3.8, 4) is 0 Å². The maximum atomic E-state index is 4.62. The van der Waals surface area contributed by atoms with Gasteiger partial charge in [0.15, 0.2) is 5.96 Å². The fourth-order valence-electron chi connectivity index (χ4n) is 1.95. The number of rotatable bonds is 6. The van der Waals surface area contributed by atoms with Gasteiger partial charge in [-0.15, -0.1) is 11.3 Å². The minimum absolute atomic E-state index is 0.658. The molecule has 0 saturated carbocycles. The van der Waals surface area contributed by atoms with E-state index in [9.17, 15) is 0 Å². The zero-order valence-electron chi connectivity index (χ0n) is 12.9. The summed E-state index contributed by atoms with van der Waals surface area (Å²) in [5.74, 6) is 0.843. The number of thiazole rings is 1. The lowest BCUT2D eigenvalue weighted by atomic mass is 10.2. The fraction of sp³-hybridized carbons (Fsp3) is 0.375. The molecule has 1 aromatic heterocycles. The molecule has 0 radical (unpaired) electrons. The lowest BCUT2D eigenvalue weighted by molar-refractivity contribution is 0.796. The summed E-state index contributed by atoms with van der Waals surface area (Å²) in [6.07, 6.45) is 2.84. The van der Waals surface area contributed by atoms with Gasteiger partial charge in [0.05, 0.1) is 11.6 Å². The van der Waals surface area contributed by atoms with Crippen LogP contribution in [0.4, 0.5) is 0 Å². The first-order valence-electron chi connectivity index (χ1n) is 7.35. The second-order valence-electron chi connectivity index (χ2n) is 4.87. The summed E-state index contributed by atoms with van der Waals surface area (Å²) in [7, 11) is 0. The number of nitrogens with zero attached hydrogens (tertiary/aromatic N) is 2. The van der Waals surface area contributed by atoms with E-state index in [-0.39, 0.29) is 0 Å². The van der Waals surface area contributed by atoms with Gasteiger partial charge in [0.2, 0.25) is 0 Å². The van der Waals surface area contributed by atoms with Crippen molar-refractivity contribution in [1.82, 2.24) is 15.6 Å². The van der Waals surface area contributed by atoms with Crippen molar-refractivity contribution in [3.63, 3.8) is 0 Å². The zero-order valence-corrected chi connectivity index (χ0v) is 15.3. The minimum Gasteiger partial charge on any atom is -0.357 e. The third-order valence-electron chi connectivity index (χ3n) is 2.95. The number of halogens is 1. The summed E-state index contributed by atoms with van der Waals surface area (Å²) in [6, 6.07) is 8.22. The molecule has 2 rings (SSSR count). The van der Waals surface area contributed by atoms with Gasteiger partial charge in [0.1, 0.15) is 0 Å². The molecule has 0 aliphatic heterocycles. The summed E-state index contributed by atoms with van der Waals surface area (Å²) in [5.41, 5.74) is 1.18. The monoisotopic (exact) mass is 380 g/mol. The molecule has 0 aliphatic carbocycles. The number of aromatic nitrogens is 1. The Kier molecular flexibility index (Phi) is 6.86. The molecule has 0 aliphatic rings. The normalized spacial score (nSPS) is 11.5. The van der Waals surface area contributed by atoms with Crippen LogP contribution in [0.15, 0.2) is 39.9 Å². The van der Waals surface area contributed by atoms with Crippen LogP contribution in [0.2, 0.25) is 0 Å². The summed E-state index contributed by atoms with van der Waals surface area (Å²) in [5, 5.41) is 7.79. The Labute approximate surface area is 144 Å². The molecule has 0 saturated heterocycles. The standard InChI is InChI=1S/C16H21BrN4S/c1-3-18-16(19-8-7-15-20-10-12(2)22-15)21-11-13-5-4-6-14(17)9-13/h4-6,9-10H,3,7-8,11H2,1-2H3,(H2,18,19,21). The number of aliphatic imine (C=N–C) groups is 1. The third kappa shape index (κ3) is 5.77. The van der Waals surface area contributed by atoms with E-state index in [0.29, 0.717) is 6.54 Å². The summed E-state index contributed by atoms with van der Waals surface area (Å²) < 4.78 is 1.08. The van der Waals surface area contributed by atoms with Crippen molar-refractivity contribution in [2.45, 2.75) is 26.8 Å². The van der Waals surface area contributed by atoms with Crippen LogP contribution < -0.4 is 10.6 Å². The van der Waals surface area contributed by atoms with Gasteiger partial charge in [0, 0.05) is 35.1 Å². The zero-order chi connectivity index (χ0) is 15.8. The average Bonchev–Trinajstić information content (AvgIpc) is 2.90. The van der Waals surface area contributed by atoms with Crippen LogP contribution in [0, 0.1) is 6.92 Å². The highest BCUT2D eigenvalue weighted by atomic mass is 79.9. The molecular formula is C16H21BrN4S. The van der Waals surface area contributed by atoms with Gasteiger partial charge in [-0.2, -0.15) is 0 Å². The first-order valence-corrected chi connectivity index (χ1v) is 8.96. The predicted molar refractivity (Wildman–Crippen MR) is 97.5 cm³/mol. The highest BCUT2D eigenvalue weighted by Gasteiger charge is 2.01. The van der Waals surface area contributed by atoms with Gasteiger partial charge >= 0.3 is 0 Å². The van der Waals surface area contributed by atoms with E-state index in [1.165, 1.54) is 10.4 Å². The van der Waals surface area contributed by atoms with Crippen LogP contribution in [0.3, 0.4) is 0 Å². The largest absolute Gasteiger partial charge is 0.357 e. The Hall–Kier alpha value is -1.40. The van der Waals surface area contributed by atoms with Crippen LogP contribution in [0.5, 0.6) is 0 Å². The van der Waals surface area contributed by atoms with Crippen LogP contribution in [0.25, 0.3) is 0 Å². The maximum Gasteiger partial charge on any atom is 0.191 e. The summed E-state index contributed by atoms with van der Waals surface area (Å²) in [4.78, 5) is 10.2. The van der Waals surface area contributed by atoms with Crippen molar-refractivity contribution < 1.29 is 0 Å². The molecule has 4 nitrogen and oxygen atoms in total. The molecule has 0 unspecified atom stereocenters. The van der Waals surface area contributed by atoms with Crippen molar-refractivity contribution in [2.24, 2.45) is 4.99 Å². The molecule has 1 heterocycles. The lowest BCUT2D eigenvalue weighted by Gasteiger charge is -2.10. The van der Waals surface area contributed by atoms with Gasteiger partial charge in [-0.05, 0) is 31.5 Å². The molecule has 0 fully saturated rings. The fourth-order valence-corrected chi connectivity index (χ4v) is 3.19. The van der Waals surface area contributed by atoms with E-state index in [1.54, 1.807) is 11.3 Å². The molecule has 118 valence electrons. The molecular weight excluding hydrogens is 360 g/mol. The van der Waals surface area contributed by atoms with Crippen molar-refractivity contribution in [3.05, 3.63) is 50.4 Å². The number of nitrogens with one attached hydrogen (secondary N) is 2. The first kappa shape index (κ1) is 17.0. The van der Waals surface area contributed by atoms with Gasteiger partial charge in [-0.3, -0.25) is 0 Å². The second kappa shape index (κ2) is 8.90. The number of guanidine groups is 1. The first-order chi connectivity index (χ1) is 10.7. The van der Waals surface area contributed by atoms with Crippen LogP contribution >= 0.6 is 27.3 Å². The molecule has 1 aromatic carbocycles. The van der Waals surface area contributed by atoms with Crippen molar-refractivity contribution in [1.29, 1.82) is 0 Å². The molecule has 0 atom stereocenters. The SMILES string of the molecule is CCNC(=NCc1cccc(Br)c1)NCCc1ncc(C)s1. The Balaban J connectivity index is 1.86. The number of hydrogen-bond acceptors (Lipinski definition) is 3. The van der Waals surface area contributed by atoms with Crippen molar-refractivity contribution in [2.75, 3.05) is 13.1 Å². The maximum absolute atomic E-state index is 4.62. The topological polar surface area (TPSA) is 49.3 Å². The molecule has 6 heteroatoms. The predicted octanol–water partition coefficient (Wildman–Crippen LogP) is 3.51. The Morgan fingerprint density at radius 3 is 2.91 bits per heavy atom. The van der Waals surface area contributed by atoms with E-state index in [0.717, 1.165) is 35.0 Å². The molecule has 2 aromatic rings. The van der Waals surface area contributed by atoms with Gasteiger partial charge in [-0.1, -0.05) is 28.1 Å². The average molecular weight is 381 g/mol. The Morgan fingerprint density at radius 1 is 1.36 bits per heavy atom. The van der Waals surface area contributed by atoms with Crippen LogP contribution in [0.1, 0.15) is 22.4 Å². The van der Waals surface area contributed by atoms with Crippen LogP contribution in [-0.4, -0.2) is 24.0 Å². The summed E-state index contributed by atoms with van der Waals surface area (Å²) in [6.45, 7) is 6.49. The number of aryl methyl sites for hydroxylation is 1. The molecule has 0 amide bonds. The molecule has 22 heavy (non-hydrogen) atoms. The van der Waals surface area contributed by atoms with Gasteiger partial charge in [0.25, 0.3) is 0 Å². The molecule has 0 bridgehead atoms. The van der Waals surface area contributed by atoms with E-state index < -0.39 is 0 Å². The molecule has 2 N–H and O–H groups in total. The van der Waals surface area contributed by atoms with Crippen LogP contribution in [-0.2, 0) is 13.0 Å². The minimum atomic E-state index is 0.658. The number of hydrogen-bond donors (Lipinski definition) is 2. The smallest absolute Gasteiger partial charge is 0.191 e. The molecule has 0 spiro atoms. The van der Waals surface area contributed by atoms with E-state index in [2.05, 4.69) is 62.5 Å². The highest BCUT2D eigenvalue weighted by Crippen LogP contribution is 2.12. The Bertz CT molecular complexity index is 624. The lowest BCUT2D eigenvalue weighted by Crippen LogP contribution is -2.38. The highest BCUT2D eigenvalue weighted by molar-refractivity contribution is 9.10. The van der Waals surface area contributed by atoms with E-state index in [1.807, 2.05) is 18.3 Å². The van der Waals surface area contributed by atoms with E-state index in [4.69, 9.17) is 0 Å². The quantitative estimate of drug-likeness (QED) is 0.595.